The summed E-state index contributed by atoms with van der Waals surface area (Å²) < 4.78 is 10.6. The van der Waals surface area contributed by atoms with Crippen LogP contribution in [-0.2, 0) is 26.5 Å². The molecule has 7 heteroatoms. The molecule has 4 aromatic heterocycles. The molecule has 0 saturated heterocycles. The molecule has 6 aromatic carbocycles. The smallest absolute Gasteiger partial charge is 0.121 e. The van der Waals surface area contributed by atoms with Crippen LogP contribution in [-0.4, -0.2) is 32.8 Å². The summed E-state index contributed by atoms with van der Waals surface area (Å²) in [6.45, 7) is 13.7. The fraction of sp³-hybridized carbons (Fsp3) is 0.217. The Hall–Kier alpha value is -5.92. The molecular weight excluding hydrogens is 1060 g/mol. The van der Waals surface area contributed by atoms with E-state index >= 15 is 0 Å². The third kappa shape index (κ3) is 9.90. The molecule has 339 valence electrons. The van der Waals surface area contributed by atoms with Gasteiger partial charge in [-0.3, -0.25) is 4.98 Å². The molecule has 0 spiro atoms. The fourth-order valence-corrected chi connectivity index (χ4v) is 12.5. The maximum absolute atomic E-state index is 6.73. The van der Waals surface area contributed by atoms with E-state index in [4.69, 9.17) is 9.40 Å². The van der Waals surface area contributed by atoms with Crippen LogP contribution in [0.4, 0.5) is 0 Å². The van der Waals surface area contributed by atoms with Gasteiger partial charge in [-0.25, -0.2) is 0 Å². The van der Waals surface area contributed by atoms with E-state index in [9.17, 15) is 0 Å². The maximum atomic E-state index is 6.73. The van der Waals surface area contributed by atoms with Gasteiger partial charge in [-0.15, -0.1) is 18.2 Å². The van der Waals surface area contributed by atoms with Crippen molar-refractivity contribution < 1.29 is 24.5 Å². The summed E-state index contributed by atoms with van der Waals surface area (Å²) >= 11 is -1.87. The first-order chi connectivity index (χ1) is 31.9. The zero-order valence-electron chi connectivity index (χ0n) is 40.0. The summed E-state index contributed by atoms with van der Waals surface area (Å²) in [5.41, 5.74) is 16.6. The number of furan rings is 1. The second-order valence-corrected chi connectivity index (χ2v) is 30.0. The van der Waals surface area contributed by atoms with Crippen molar-refractivity contribution in [1.82, 2.24) is 19.5 Å². The van der Waals surface area contributed by atoms with Gasteiger partial charge < -0.3 is 8.98 Å². The molecule has 0 fully saturated rings. The van der Waals surface area contributed by atoms with Crippen LogP contribution in [0.5, 0.6) is 0 Å². The van der Waals surface area contributed by atoms with Gasteiger partial charge in [0.15, 0.2) is 0 Å². The second kappa shape index (κ2) is 20.1. The van der Waals surface area contributed by atoms with Crippen molar-refractivity contribution in [2.24, 2.45) is 5.92 Å². The van der Waals surface area contributed by atoms with E-state index in [1.165, 1.54) is 43.5 Å². The normalized spacial score (nSPS) is 11.7. The molecule has 0 atom stereocenters. The Morgan fingerprint density at radius 2 is 1.31 bits per heavy atom. The van der Waals surface area contributed by atoms with E-state index < -0.39 is 13.3 Å². The summed E-state index contributed by atoms with van der Waals surface area (Å²) in [7, 11) is 0. The standard InChI is InChI=1S/C43H35N2O.C17H23GeN2.Ir/c1-27(2)36-24-32(30-16-9-6-10-17-30)25-37(28(3)4)41(36)45-39-21-12-11-20-38(39)44-43(45)35-19-13-18-34-33-23-22-31(26-40(33)46-42(34)35)29-14-7-5-8-15-29;1-13(2)10-15-11-17(14-6-8-19-9-7-14)20-12-16(15)18(3,4)5;/h5-18,20-28H,1-4H3;6,8-9,11-13H,10H2,1-5H3;/q2*-1;. The van der Waals surface area contributed by atoms with Crippen molar-refractivity contribution in [2.75, 3.05) is 0 Å². The minimum Gasteiger partial charge on any atom is -0.501 e. The van der Waals surface area contributed by atoms with Gasteiger partial charge in [0.05, 0.1) is 22.4 Å². The van der Waals surface area contributed by atoms with E-state index in [1.54, 1.807) is 12.4 Å². The molecule has 0 unspecified atom stereocenters. The van der Waals surface area contributed by atoms with E-state index in [0.29, 0.717) is 5.92 Å². The molecule has 10 aromatic rings. The Balaban J connectivity index is 0.000000244. The first-order valence-electron chi connectivity index (χ1n) is 23.3. The van der Waals surface area contributed by atoms with Gasteiger partial charge in [-0.1, -0.05) is 124 Å². The maximum Gasteiger partial charge on any atom is 0.121 e. The van der Waals surface area contributed by atoms with Crippen LogP contribution in [0.2, 0.25) is 17.3 Å². The Morgan fingerprint density at radius 1 is 0.657 bits per heavy atom. The predicted molar refractivity (Wildman–Crippen MR) is 279 cm³/mol. The first-order valence-corrected chi connectivity index (χ1v) is 30.6. The molecule has 0 amide bonds. The molecule has 0 aliphatic carbocycles. The molecule has 0 bridgehead atoms. The van der Waals surface area contributed by atoms with Crippen molar-refractivity contribution >= 4 is 50.6 Å². The zero-order valence-corrected chi connectivity index (χ0v) is 44.5. The van der Waals surface area contributed by atoms with Crippen molar-refractivity contribution in [3.63, 3.8) is 0 Å². The zero-order chi connectivity index (χ0) is 46.1. The van der Waals surface area contributed by atoms with Crippen LogP contribution in [0, 0.1) is 18.1 Å². The summed E-state index contributed by atoms with van der Waals surface area (Å²) in [5.74, 6) is 9.36. The molecule has 0 aliphatic heterocycles. The van der Waals surface area contributed by atoms with Crippen molar-refractivity contribution in [3.8, 4) is 50.6 Å². The summed E-state index contributed by atoms with van der Waals surface area (Å²) in [5, 5.41) is 2.15. The molecule has 67 heavy (non-hydrogen) atoms. The van der Waals surface area contributed by atoms with Crippen molar-refractivity contribution in [3.05, 3.63) is 187 Å². The third-order valence-corrected chi connectivity index (χ3v) is 16.7. The van der Waals surface area contributed by atoms with Crippen LogP contribution in [0.3, 0.4) is 0 Å². The van der Waals surface area contributed by atoms with Gasteiger partial charge >= 0.3 is 125 Å². The van der Waals surface area contributed by atoms with Gasteiger partial charge in [-0.2, -0.15) is 0 Å². The Kier molecular flexibility index (Phi) is 14.3. The van der Waals surface area contributed by atoms with Gasteiger partial charge in [0.25, 0.3) is 0 Å². The number of hydrogen-bond donors (Lipinski definition) is 0. The number of imidazole rings is 1. The van der Waals surface area contributed by atoms with Crippen LogP contribution in [0.15, 0.2) is 163 Å². The van der Waals surface area contributed by atoms with Crippen LogP contribution >= 0.6 is 0 Å². The van der Waals surface area contributed by atoms with Crippen LogP contribution in [0.25, 0.3) is 83.6 Å². The van der Waals surface area contributed by atoms with Gasteiger partial charge in [-0.05, 0) is 75.5 Å². The summed E-state index contributed by atoms with van der Waals surface area (Å²) in [6.07, 6.45) is 6.74. The number of hydrogen-bond acceptors (Lipinski definition) is 4. The number of nitrogens with zero attached hydrogens (tertiary/aromatic N) is 4. The molecule has 1 radical (unpaired) electrons. The van der Waals surface area contributed by atoms with Crippen molar-refractivity contribution in [2.45, 2.75) is 77.1 Å². The molecule has 0 aliphatic rings. The van der Waals surface area contributed by atoms with Gasteiger partial charge in [0.2, 0.25) is 0 Å². The fourth-order valence-electron chi connectivity index (χ4n) is 9.16. The van der Waals surface area contributed by atoms with Gasteiger partial charge in [0, 0.05) is 31.2 Å². The van der Waals surface area contributed by atoms with E-state index in [2.05, 4.69) is 213 Å². The Labute approximate surface area is 412 Å². The molecule has 4 heterocycles. The SMILES string of the molecule is CC(C)Cc1cc(-c2[c-]cncc2)nc[c]1[Ge]([CH3])([CH3])[CH3].CC(C)c1cc(-c2ccccc2)cc(C(C)C)c1-n1c(-c2[c-]ccc3c2oc2cc(-c4ccccc4)ccc23)nc2ccccc21.[Ir]. The monoisotopic (exact) mass is 1120 g/mol. The van der Waals surface area contributed by atoms with E-state index in [-0.39, 0.29) is 31.9 Å². The molecule has 10 rings (SSSR count). The quantitative estimate of drug-likeness (QED) is 0.101. The second-order valence-electron chi connectivity index (χ2n) is 19.4. The van der Waals surface area contributed by atoms with Crippen LogP contribution < -0.4 is 4.40 Å². The first kappa shape index (κ1) is 47.6. The Bertz CT molecular complexity index is 3260. The minimum atomic E-state index is -1.87. The third-order valence-electron chi connectivity index (χ3n) is 12.4. The topological polar surface area (TPSA) is 56.7 Å². The van der Waals surface area contributed by atoms with Gasteiger partial charge in [0.1, 0.15) is 5.58 Å². The number of pyridine rings is 2. The molecular formula is C60H58GeIrN4O-2. The largest absolute Gasteiger partial charge is 0.501 e. The Morgan fingerprint density at radius 3 is 1.94 bits per heavy atom. The average Bonchev–Trinajstić information content (AvgIpc) is 3.90. The summed E-state index contributed by atoms with van der Waals surface area (Å²) in [6, 6.07) is 55.9. The molecule has 5 nitrogen and oxygen atoms in total. The number of para-hydroxylation sites is 2. The number of benzene rings is 6. The molecule has 0 saturated carbocycles. The van der Waals surface area contributed by atoms with Crippen molar-refractivity contribution in [1.29, 1.82) is 0 Å². The number of rotatable bonds is 10. The average molecular weight is 1120 g/mol. The van der Waals surface area contributed by atoms with E-state index in [0.717, 1.165) is 67.6 Å². The van der Waals surface area contributed by atoms with E-state index in [1.807, 2.05) is 18.2 Å². The minimum absolute atomic E-state index is 0. The summed E-state index contributed by atoms with van der Waals surface area (Å²) in [4.78, 5) is 14.0. The number of fused-ring (bicyclic) bond motifs is 4. The van der Waals surface area contributed by atoms with Crippen LogP contribution in [0.1, 0.15) is 70.1 Å². The number of aromatic nitrogens is 4. The predicted octanol–water partition coefficient (Wildman–Crippen LogP) is 15.7. The molecule has 0 N–H and O–H groups in total.